The first-order chi connectivity index (χ1) is 11.3. The van der Waals surface area contributed by atoms with Crippen molar-refractivity contribution in [2.45, 2.75) is 12.1 Å². The number of anilines is 1. The van der Waals surface area contributed by atoms with E-state index in [0.717, 1.165) is 17.3 Å². The van der Waals surface area contributed by atoms with Crippen molar-refractivity contribution in [3.8, 4) is 11.6 Å². The number of nitrogens with one attached hydrogen (secondary N) is 1. The van der Waals surface area contributed by atoms with Crippen LogP contribution in [0.5, 0.6) is 11.6 Å². The largest absolute Gasteiger partial charge is 0.433 e. The van der Waals surface area contributed by atoms with E-state index in [9.17, 15) is 14.9 Å². The number of primary amides is 1. The molecule has 24 heavy (non-hydrogen) atoms. The van der Waals surface area contributed by atoms with Crippen LogP contribution in [0.3, 0.4) is 0 Å². The number of nitrogens with zero attached hydrogens (tertiary/aromatic N) is 3. The van der Waals surface area contributed by atoms with Crippen molar-refractivity contribution in [2.24, 2.45) is 5.73 Å². The number of amides is 2. The van der Waals surface area contributed by atoms with Gasteiger partial charge in [0.1, 0.15) is 5.75 Å². The molecule has 1 aromatic carbocycles. The maximum Gasteiger partial charge on any atom is 0.368 e. The van der Waals surface area contributed by atoms with Gasteiger partial charge in [0.25, 0.3) is 0 Å². The summed E-state index contributed by atoms with van der Waals surface area (Å²) in [5, 5.41) is 13.5. The SMILES string of the molecule is CSc1nc(Cl)c([N+](=O)[O-])c(Oc2cc(C)cc(NC(N)=O)c2)n1. The van der Waals surface area contributed by atoms with Crippen LogP contribution in [-0.4, -0.2) is 27.2 Å². The Balaban J connectivity index is 2.47. The number of ether oxygens (including phenoxy) is 1. The summed E-state index contributed by atoms with van der Waals surface area (Å²) in [5.41, 5.74) is 5.66. The molecule has 0 spiro atoms. The molecule has 0 bridgehead atoms. The number of aryl methyl sites for hydroxylation is 1. The molecule has 9 nitrogen and oxygen atoms in total. The Morgan fingerprint density at radius 2 is 2.12 bits per heavy atom. The van der Waals surface area contributed by atoms with Gasteiger partial charge in [-0.1, -0.05) is 23.4 Å². The number of thioether (sulfide) groups is 1. The number of nitro groups is 1. The van der Waals surface area contributed by atoms with Crippen LogP contribution in [0.15, 0.2) is 23.4 Å². The molecular weight excluding hydrogens is 358 g/mol. The predicted octanol–water partition coefficient (Wildman–Crippen LogP) is 3.35. The number of hydrogen-bond donors (Lipinski definition) is 2. The first-order valence-electron chi connectivity index (χ1n) is 6.42. The summed E-state index contributed by atoms with van der Waals surface area (Å²) in [7, 11) is 0. The van der Waals surface area contributed by atoms with Crippen molar-refractivity contribution in [1.82, 2.24) is 9.97 Å². The third-order valence-electron chi connectivity index (χ3n) is 2.69. The van der Waals surface area contributed by atoms with Crippen LogP contribution in [0.2, 0.25) is 5.15 Å². The van der Waals surface area contributed by atoms with Crippen molar-refractivity contribution in [3.05, 3.63) is 39.0 Å². The minimum Gasteiger partial charge on any atom is -0.433 e. The molecule has 1 heterocycles. The summed E-state index contributed by atoms with van der Waals surface area (Å²) in [4.78, 5) is 29.2. The highest BCUT2D eigenvalue weighted by molar-refractivity contribution is 7.98. The van der Waals surface area contributed by atoms with Gasteiger partial charge in [0.05, 0.1) is 4.92 Å². The molecule has 0 fully saturated rings. The smallest absolute Gasteiger partial charge is 0.368 e. The molecule has 0 unspecified atom stereocenters. The molecule has 11 heteroatoms. The van der Waals surface area contributed by atoms with Gasteiger partial charge < -0.3 is 15.8 Å². The fourth-order valence-electron chi connectivity index (χ4n) is 1.84. The molecule has 3 N–H and O–H groups in total. The topological polar surface area (TPSA) is 133 Å². The minimum absolute atomic E-state index is 0.226. The molecule has 0 saturated carbocycles. The van der Waals surface area contributed by atoms with Gasteiger partial charge in [0, 0.05) is 11.8 Å². The van der Waals surface area contributed by atoms with Crippen LogP contribution in [0.1, 0.15) is 5.56 Å². The number of urea groups is 1. The second kappa shape index (κ2) is 7.32. The monoisotopic (exact) mass is 369 g/mol. The zero-order valence-corrected chi connectivity index (χ0v) is 14.1. The molecule has 0 radical (unpaired) electrons. The summed E-state index contributed by atoms with van der Waals surface area (Å²) in [5.74, 6) is -0.0661. The van der Waals surface area contributed by atoms with Gasteiger partial charge in [-0.05, 0) is 30.9 Å². The average Bonchev–Trinajstić information content (AvgIpc) is 2.44. The zero-order chi connectivity index (χ0) is 17.9. The Labute approximate surface area is 145 Å². The standard InChI is InChI=1S/C13H12ClN5O4S/c1-6-3-7(16-12(15)20)5-8(4-6)23-11-9(19(21)22)10(14)17-13(18-11)24-2/h3-5H,1-2H3,(H3,15,16,20). The molecule has 2 rings (SSSR count). The zero-order valence-electron chi connectivity index (χ0n) is 12.6. The van der Waals surface area contributed by atoms with Gasteiger partial charge in [-0.2, -0.15) is 4.98 Å². The molecule has 2 aromatic rings. The second-order valence-electron chi connectivity index (χ2n) is 4.54. The molecule has 1 aromatic heterocycles. The molecule has 126 valence electrons. The van der Waals surface area contributed by atoms with E-state index in [-0.39, 0.29) is 21.9 Å². The number of halogens is 1. The fraction of sp³-hybridized carbons (Fsp3) is 0.154. The van der Waals surface area contributed by atoms with Gasteiger partial charge in [-0.3, -0.25) is 10.1 Å². The van der Waals surface area contributed by atoms with Crippen molar-refractivity contribution in [2.75, 3.05) is 11.6 Å². The minimum atomic E-state index is -0.743. The van der Waals surface area contributed by atoms with E-state index in [1.807, 2.05) is 0 Å². The van der Waals surface area contributed by atoms with E-state index in [1.165, 1.54) is 6.07 Å². The molecule has 0 saturated heterocycles. The first kappa shape index (κ1) is 17.8. The summed E-state index contributed by atoms with van der Waals surface area (Å²) in [6, 6.07) is 3.99. The van der Waals surface area contributed by atoms with Crippen LogP contribution in [0.4, 0.5) is 16.2 Å². The maximum absolute atomic E-state index is 11.2. The predicted molar refractivity (Wildman–Crippen MR) is 89.9 cm³/mol. The van der Waals surface area contributed by atoms with E-state index in [2.05, 4.69) is 15.3 Å². The van der Waals surface area contributed by atoms with Gasteiger partial charge in [0.2, 0.25) is 5.15 Å². The number of carbonyl (C=O) groups excluding carboxylic acids is 1. The lowest BCUT2D eigenvalue weighted by Gasteiger charge is -2.10. The number of hydrogen-bond acceptors (Lipinski definition) is 7. The molecule has 0 aliphatic carbocycles. The number of carbonyl (C=O) groups is 1. The average molecular weight is 370 g/mol. The van der Waals surface area contributed by atoms with Crippen molar-refractivity contribution < 1.29 is 14.5 Å². The Kier molecular flexibility index (Phi) is 5.42. The quantitative estimate of drug-likeness (QED) is 0.271. The Hall–Kier alpha value is -2.59. The first-order valence-corrected chi connectivity index (χ1v) is 8.02. The van der Waals surface area contributed by atoms with Crippen molar-refractivity contribution in [3.63, 3.8) is 0 Å². The molecular formula is C13H12ClN5O4S. The Morgan fingerprint density at radius 1 is 1.42 bits per heavy atom. The fourth-order valence-corrected chi connectivity index (χ4v) is 2.48. The van der Waals surface area contributed by atoms with Gasteiger partial charge >= 0.3 is 17.6 Å². The van der Waals surface area contributed by atoms with Crippen LogP contribution in [0.25, 0.3) is 0 Å². The van der Waals surface area contributed by atoms with E-state index in [4.69, 9.17) is 22.1 Å². The molecule has 2 amide bonds. The van der Waals surface area contributed by atoms with Crippen LogP contribution in [-0.2, 0) is 0 Å². The summed E-state index contributed by atoms with van der Waals surface area (Å²) < 4.78 is 5.51. The Morgan fingerprint density at radius 3 is 2.71 bits per heavy atom. The lowest BCUT2D eigenvalue weighted by molar-refractivity contribution is -0.386. The highest BCUT2D eigenvalue weighted by atomic mass is 35.5. The van der Waals surface area contributed by atoms with E-state index in [0.29, 0.717) is 5.69 Å². The summed E-state index contributed by atoms with van der Waals surface area (Å²) in [6.07, 6.45) is 1.70. The maximum atomic E-state index is 11.2. The normalized spacial score (nSPS) is 10.3. The third kappa shape index (κ3) is 4.24. The molecule has 0 atom stereocenters. The highest BCUT2D eigenvalue weighted by Crippen LogP contribution is 2.36. The third-order valence-corrected chi connectivity index (χ3v) is 3.50. The van der Waals surface area contributed by atoms with Gasteiger partial charge in [0.15, 0.2) is 5.16 Å². The van der Waals surface area contributed by atoms with Crippen LogP contribution >= 0.6 is 23.4 Å². The van der Waals surface area contributed by atoms with E-state index in [1.54, 1.807) is 25.3 Å². The molecule has 0 aliphatic heterocycles. The summed E-state index contributed by atoms with van der Waals surface area (Å²) >= 11 is 7.01. The summed E-state index contributed by atoms with van der Waals surface area (Å²) in [6.45, 7) is 1.76. The number of benzene rings is 1. The lowest BCUT2D eigenvalue weighted by atomic mass is 10.2. The number of rotatable bonds is 5. The lowest BCUT2D eigenvalue weighted by Crippen LogP contribution is -2.19. The van der Waals surface area contributed by atoms with Gasteiger partial charge in [-0.15, -0.1) is 0 Å². The van der Waals surface area contributed by atoms with Crippen molar-refractivity contribution in [1.29, 1.82) is 0 Å². The number of nitrogens with two attached hydrogens (primary N) is 1. The van der Waals surface area contributed by atoms with E-state index < -0.39 is 16.6 Å². The van der Waals surface area contributed by atoms with Gasteiger partial charge in [-0.25, -0.2) is 9.78 Å². The van der Waals surface area contributed by atoms with E-state index >= 15 is 0 Å². The van der Waals surface area contributed by atoms with Crippen LogP contribution in [0, 0.1) is 17.0 Å². The molecule has 0 aliphatic rings. The van der Waals surface area contributed by atoms with Crippen molar-refractivity contribution >= 4 is 40.8 Å². The van der Waals surface area contributed by atoms with Crippen LogP contribution < -0.4 is 15.8 Å². The highest BCUT2D eigenvalue weighted by Gasteiger charge is 2.26. The Bertz CT molecular complexity index is 817. The second-order valence-corrected chi connectivity index (χ2v) is 5.67. The number of aromatic nitrogens is 2.